The quantitative estimate of drug-likeness (QED) is 0.563. The van der Waals surface area contributed by atoms with Crippen molar-refractivity contribution in [3.63, 3.8) is 0 Å². The molecule has 0 bridgehead atoms. The molecule has 7 heteroatoms. The fraction of sp³-hybridized carbons (Fsp3) is 0.583. The molecule has 3 rings (SSSR count). The number of carbonyl (C=O) groups excluding carboxylic acids is 1. The summed E-state index contributed by atoms with van der Waals surface area (Å²) in [4.78, 5) is 25.2. The molecule has 31 heavy (non-hydrogen) atoms. The first kappa shape index (κ1) is 23.7. The van der Waals surface area contributed by atoms with E-state index in [1.165, 1.54) is 4.90 Å². The number of carboxylic acids is 1. The topological polar surface area (TPSA) is 57.6 Å². The van der Waals surface area contributed by atoms with Crippen molar-refractivity contribution in [2.45, 2.75) is 76.6 Å². The minimum absolute atomic E-state index is 0.0218. The zero-order chi connectivity index (χ0) is 23.0. The van der Waals surface area contributed by atoms with Crippen molar-refractivity contribution in [3.05, 3.63) is 46.1 Å². The summed E-state index contributed by atoms with van der Waals surface area (Å²) < 4.78 is 27.1. The Morgan fingerprint density at radius 3 is 2.48 bits per heavy atom. The van der Waals surface area contributed by atoms with E-state index in [-0.39, 0.29) is 50.0 Å². The largest absolute Gasteiger partial charge is 0.481 e. The Bertz CT molecular complexity index is 889. The maximum absolute atomic E-state index is 13.5. The predicted molar refractivity (Wildman–Crippen MR) is 116 cm³/mol. The number of carbonyl (C=O) groups is 2. The van der Waals surface area contributed by atoms with Crippen LogP contribution in [0.2, 0.25) is 5.02 Å². The molecule has 1 aliphatic carbocycles. The minimum Gasteiger partial charge on any atom is -0.481 e. The van der Waals surface area contributed by atoms with Gasteiger partial charge in [-0.2, -0.15) is 0 Å². The van der Waals surface area contributed by atoms with Crippen LogP contribution in [0.15, 0.2) is 30.0 Å². The van der Waals surface area contributed by atoms with E-state index in [4.69, 9.17) is 16.7 Å². The number of alkyl halides is 2. The number of allylic oxidation sites excluding steroid dienone is 1. The fourth-order valence-corrected chi connectivity index (χ4v) is 5.24. The average molecular weight is 454 g/mol. The summed E-state index contributed by atoms with van der Waals surface area (Å²) >= 11 is 6.62. The van der Waals surface area contributed by atoms with Crippen LogP contribution in [0.3, 0.4) is 0 Å². The molecular formula is C24H30ClF2NO3. The van der Waals surface area contributed by atoms with Crippen LogP contribution in [-0.2, 0) is 15.0 Å². The average Bonchev–Trinajstić information content (AvgIpc) is 2.67. The summed E-state index contributed by atoms with van der Waals surface area (Å²) in [6.07, 6.45) is 2.51. The van der Waals surface area contributed by atoms with Crippen molar-refractivity contribution in [2.75, 3.05) is 6.54 Å². The third-order valence-corrected chi connectivity index (χ3v) is 7.07. The van der Waals surface area contributed by atoms with Gasteiger partial charge in [-0.05, 0) is 47.4 Å². The molecule has 2 aliphatic rings. The highest BCUT2D eigenvalue weighted by atomic mass is 35.5. The number of benzene rings is 1. The maximum Gasteiger partial charge on any atom is 0.305 e. The Morgan fingerprint density at radius 1 is 1.29 bits per heavy atom. The highest BCUT2D eigenvalue weighted by molar-refractivity contribution is 6.31. The lowest BCUT2D eigenvalue weighted by Gasteiger charge is -2.41. The van der Waals surface area contributed by atoms with Crippen LogP contribution in [-0.4, -0.2) is 34.4 Å². The summed E-state index contributed by atoms with van der Waals surface area (Å²) in [6.45, 7) is 6.26. The van der Waals surface area contributed by atoms with Gasteiger partial charge in [-0.3, -0.25) is 9.59 Å². The number of aliphatic carboxylic acids is 1. The van der Waals surface area contributed by atoms with Crippen molar-refractivity contribution in [1.29, 1.82) is 0 Å². The number of carboxylic acid groups (broad SMARTS) is 1. The molecule has 1 heterocycles. The van der Waals surface area contributed by atoms with Crippen molar-refractivity contribution in [3.8, 4) is 0 Å². The summed E-state index contributed by atoms with van der Waals surface area (Å²) in [5.74, 6) is -3.48. The Labute approximate surface area is 187 Å². The van der Waals surface area contributed by atoms with Crippen LogP contribution in [0.5, 0.6) is 0 Å². The van der Waals surface area contributed by atoms with Gasteiger partial charge in [-0.1, -0.05) is 44.5 Å². The van der Waals surface area contributed by atoms with E-state index in [1.807, 2.05) is 39.0 Å². The Kier molecular flexibility index (Phi) is 6.80. The highest BCUT2D eigenvalue weighted by Crippen LogP contribution is 2.46. The first-order valence-electron chi connectivity index (χ1n) is 10.8. The molecule has 0 aromatic heterocycles. The van der Waals surface area contributed by atoms with Crippen LogP contribution >= 0.6 is 11.6 Å². The second-order valence-corrected chi connectivity index (χ2v) is 9.75. The van der Waals surface area contributed by atoms with Crippen molar-refractivity contribution < 1.29 is 23.5 Å². The van der Waals surface area contributed by atoms with E-state index in [9.17, 15) is 18.4 Å². The van der Waals surface area contributed by atoms with Crippen LogP contribution < -0.4 is 0 Å². The summed E-state index contributed by atoms with van der Waals surface area (Å²) in [5, 5.41) is 9.52. The number of rotatable bonds is 6. The number of amides is 1. The molecule has 1 saturated carbocycles. The Hall–Kier alpha value is -1.95. The summed E-state index contributed by atoms with van der Waals surface area (Å²) in [5.41, 5.74) is 2.28. The van der Waals surface area contributed by atoms with Gasteiger partial charge in [0.2, 0.25) is 11.8 Å². The van der Waals surface area contributed by atoms with Gasteiger partial charge in [-0.15, -0.1) is 0 Å². The minimum atomic E-state index is -2.58. The van der Waals surface area contributed by atoms with Gasteiger partial charge in [0.05, 0.1) is 6.42 Å². The molecule has 0 saturated heterocycles. The van der Waals surface area contributed by atoms with Gasteiger partial charge in [0, 0.05) is 42.4 Å². The standard InChI is InChI=1S/C24H30ClF2NO3/c1-15(2)19-14-28(11-8-22(30)31)21(29)13-23(19,3)17-4-5-18(20(25)12-17)16-6-9-24(26,27)10-7-16/h4-5,12,14-16H,6-11,13H2,1-3H3,(H,30,31)/t23-/m0/s1. The van der Waals surface area contributed by atoms with Crippen LogP contribution in [0, 0.1) is 5.92 Å². The van der Waals surface area contributed by atoms with E-state index in [2.05, 4.69) is 0 Å². The lowest BCUT2D eigenvalue weighted by atomic mass is 9.68. The third kappa shape index (κ3) is 5.11. The van der Waals surface area contributed by atoms with E-state index in [0.29, 0.717) is 17.9 Å². The molecule has 1 aliphatic heterocycles. The number of hydrogen-bond donors (Lipinski definition) is 1. The van der Waals surface area contributed by atoms with E-state index >= 15 is 0 Å². The normalized spacial score (nSPS) is 24.4. The molecule has 1 aromatic carbocycles. The molecule has 1 fully saturated rings. The lowest BCUT2D eigenvalue weighted by molar-refractivity contribution is -0.138. The number of halogens is 3. The van der Waals surface area contributed by atoms with Gasteiger partial charge < -0.3 is 10.0 Å². The summed E-state index contributed by atoms with van der Waals surface area (Å²) in [7, 11) is 0. The molecular weight excluding hydrogens is 424 g/mol. The zero-order valence-electron chi connectivity index (χ0n) is 18.3. The third-order valence-electron chi connectivity index (χ3n) is 6.74. The van der Waals surface area contributed by atoms with E-state index in [1.54, 1.807) is 6.20 Å². The fourth-order valence-electron chi connectivity index (χ4n) is 4.90. The molecule has 0 spiro atoms. The molecule has 1 aromatic rings. The second kappa shape index (κ2) is 8.89. The Morgan fingerprint density at radius 2 is 1.94 bits per heavy atom. The molecule has 0 unspecified atom stereocenters. The van der Waals surface area contributed by atoms with Gasteiger partial charge in [-0.25, -0.2) is 8.78 Å². The summed E-state index contributed by atoms with van der Waals surface area (Å²) in [6, 6.07) is 5.76. The first-order chi connectivity index (χ1) is 14.4. The smallest absolute Gasteiger partial charge is 0.305 e. The van der Waals surface area contributed by atoms with E-state index < -0.39 is 17.3 Å². The monoisotopic (exact) mass is 453 g/mol. The first-order valence-corrected chi connectivity index (χ1v) is 11.2. The molecule has 170 valence electrons. The van der Waals surface area contributed by atoms with Crippen molar-refractivity contribution >= 4 is 23.5 Å². The van der Waals surface area contributed by atoms with Gasteiger partial charge in [0.15, 0.2) is 0 Å². The SMILES string of the molecule is CC(C)C1=CN(CCC(=O)O)C(=O)C[C@@]1(C)c1ccc(C2CCC(F)(F)CC2)c(Cl)c1. The number of hydrogen-bond acceptors (Lipinski definition) is 2. The molecule has 1 amide bonds. The molecule has 1 atom stereocenters. The second-order valence-electron chi connectivity index (χ2n) is 9.35. The molecule has 0 radical (unpaired) electrons. The van der Waals surface area contributed by atoms with Crippen LogP contribution in [0.25, 0.3) is 0 Å². The highest BCUT2D eigenvalue weighted by Gasteiger charge is 2.41. The lowest BCUT2D eigenvalue weighted by Crippen LogP contribution is -2.42. The Balaban J connectivity index is 1.89. The van der Waals surface area contributed by atoms with Gasteiger partial charge in [0.1, 0.15) is 0 Å². The van der Waals surface area contributed by atoms with Gasteiger partial charge in [0.25, 0.3) is 0 Å². The van der Waals surface area contributed by atoms with Crippen molar-refractivity contribution in [2.24, 2.45) is 5.92 Å². The zero-order valence-corrected chi connectivity index (χ0v) is 19.0. The number of nitrogens with zero attached hydrogens (tertiary/aromatic N) is 1. The van der Waals surface area contributed by atoms with Gasteiger partial charge >= 0.3 is 5.97 Å². The van der Waals surface area contributed by atoms with Crippen LogP contribution in [0.1, 0.15) is 76.3 Å². The van der Waals surface area contributed by atoms with E-state index in [0.717, 1.165) is 16.7 Å². The molecule has 1 N–H and O–H groups in total. The molecule has 4 nitrogen and oxygen atoms in total. The van der Waals surface area contributed by atoms with Crippen LogP contribution in [0.4, 0.5) is 8.78 Å². The maximum atomic E-state index is 13.5. The van der Waals surface area contributed by atoms with Crippen molar-refractivity contribution in [1.82, 2.24) is 4.90 Å². The predicted octanol–water partition coefficient (Wildman–Crippen LogP) is 6.14.